The fourth-order valence-corrected chi connectivity index (χ4v) is 2.96. The molecule has 0 saturated carbocycles. The first-order valence-electron chi connectivity index (χ1n) is 7.64. The molecular weight excluding hydrogens is 292 g/mol. The molecule has 0 aromatic heterocycles. The van der Waals surface area contributed by atoms with Gasteiger partial charge in [-0.3, -0.25) is 0 Å². The van der Waals surface area contributed by atoms with Crippen molar-refractivity contribution in [1.82, 2.24) is 4.90 Å². The Hall–Kier alpha value is -2.63. The Labute approximate surface area is 135 Å². The molecule has 120 valence electrons. The zero-order valence-electron chi connectivity index (χ0n) is 13.5. The molecular formula is C17H20N4O2. The Morgan fingerprint density at radius 1 is 1.48 bits per heavy atom. The van der Waals surface area contributed by atoms with Crippen molar-refractivity contribution in [2.45, 2.75) is 25.8 Å². The summed E-state index contributed by atoms with van der Waals surface area (Å²) in [5.41, 5.74) is 3.30. The second kappa shape index (κ2) is 5.87. The number of benzene rings is 1. The molecule has 0 aliphatic carbocycles. The van der Waals surface area contributed by atoms with Crippen LogP contribution >= 0.6 is 0 Å². The lowest BCUT2D eigenvalue weighted by Crippen LogP contribution is -2.37. The predicted octanol–water partition coefficient (Wildman–Crippen LogP) is 2.37. The summed E-state index contributed by atoms with van der Waals surface area (Å²) in [4.78, 5) is 24.2. The number of nitrogens with zero attached hydrogens (tertiary/aromatic N) is 4. The molecule has 3 rings (SSSR count). The molecule has 6 nitrogen and oxygen atoms in total. The van der Waals surface area contributed by atoms with Crippen LogP contribution in [0.25, 0.3) is 0 Å². The van der Waals surface area contributed by atoms with Gasteiger partial charge in [-0.2, -0.15) is 0 Å². The maximum absolute atomic E-state index is 11.1. The molecule has 0 amide bonds. The first-order valence-corrected chi connectivity index (χ1v) is 7.64. The van der Waals surface area contributed by atoms with E-state index in [1.807, 2.05) is 44.5 Å². The van der Waals surface area contributed by atoms with Gasteiger partial charge in [0, 0.05) is 26.2 Å². The number of fused-ring (bicyclic) bond motifs is 1. The van der Waals surface area contributed by atoms with Gasteiger partial charge in [-0.05, 0) is 30.2 Å². The Bertz CT molecular complexity index is 736. The summed E-state index contributed by atoms with van der Waals surface area (Å²) in [6, 6.07) is 5.47. The third kappa shape index (κ3) is 2.72. The summed E-state index contributed by atoms with van der Waals surface area (Å²) in [6.07, 6.45) is 5.19. The van der Waals surface area contributed by atoms with Crippen LogP contribution in [-0.2, 0) is 6.42 Å². The van der Waals surface area contributed by atoms with E-state index in [0.717, 1.165) is 35.6 Å². The minimum Gasteiger partial charge on any atom is -0.478 e. The largest absolute Gasteiger partial charge is 0.478 e. The Balaban J connectivity index is 1.90. The van der Waals surface area contributed by atoms with Crippen molar-refractivity contribution in [2.75, 3.05) is 19.0 Å². The fourth-order valence-electron chi connectivity index (χ4n) is 2.96. The van der Waals surface area contributed by atoms with Crippen molar-refractivity contribution < 1.29 is 9.90 Å². The second-order valence-electron chi connectivity index (χ2n) is 5.79. The zero-order chi connectivity index (χ0) is 16.6. The fraction of sp³-hybridized carbons (Fsp3) is 0.353. The molecule has 0 saturated heterocycles. The van der Waals surface area contributed by atoms with Gasteiger partial charge in [0.25, 0.3) is 0 Å². The SMILES string of the molecule is CCc1cc(C(=O)O)ccc1N(C)C1=NC=C2N=CN(C)C2C1. The maximum atomic E-state index is 11.1. The number of hydrogen-bond acceptors (Lipinski definition) is 5. The van der Waals surface area contributed by atoms with Gasteiger partial charge in [-0.1, -0.05) is 6.92 Å². The Kier molecular flexibility index (Phi) is 3.90. The number of amidine groups is 1. The smallest absolute Gasteiger partial charge is 0.335 e. The average molecular weight is 312 g/mol. The highest BCUT2D eigenvalue weighted by atomic mass is 16.4. The van der Waals surface area contributed by atoms with Crippen LogP contribution in [0.1, 0.15) is 29.3 Å². The average Bonchev–Trinajstić information content (AvgIpc) is 2.94. The van der Waals surface area contributed by atoms with Crippen molar-refractivity contribution in [1.29, 1.82) is 0 Å². The van der Waals surface area contributed by atoms with Crippen molar-refractivity contribution in [2.24, 2.45) is 9.98 Å². The van der Waals surface area contributed by atoms with Crippen LogP contribution in [0.15, 0.2) is 40.1 Å². The standard InChI is InChI=1S/C17H20N4O2/c1-4-11-7-12(17(22)23)5-6-14(11)21(3)16-8-15-13(9-18-16)19-10-20(15)2/h5-7,9-10,15H,4,8H2,1-3H3,(H,22,23). The van der Waals surface area contributed by atoms with Crippen LogP contribution < -0.4 is 4.90 Å². The van der Waals surface area contributed by atoms with E-state index in [4.69, 9.17) is 5.11 Å². The maximum Gasteiger partial charge on any atom is 0.335 e. The molecule has 6 heteroatoms. The number of rotatable bonds is 3. The second-order valence-corrected chi connectivity index (χ2v) is 5.79. The van der Waals surface area contributed by atoms with Crippen molar-refractivity contribution in [3.05, 3.63) is 41.2 Å². The summed E-state index contributed by atoms with van der Waals surface area (Å²) in [5, 5.41) is 9.15. The molecule has 1 aromatic rings. The van der Waals surface area contributed by atoms with Crippen LogP contribution in [0.2, 0.25) is 0 Å². The number of hydrogen-bond donors (Lipinski definition) is 1. The number of aromatic carboxylic acids is 1. The molecule has 1 atom stereocenters. The van der Waals surface area contributed by atoms with Gasteiger partial charge in [0.1, 0.15) is 5.84 Å². The molecule has 0 fully saturated rings. The van der Waals surface area contributed by atoms with Gasteiger partial charge in [-0.15, -0.1) is 0 Å². The number of likely N-dealkylation sites (N-methyl/N-ethyl adjacent to an activating group) is 1. The summed E-state index contributed by atoms with van der Waals surface area (Å²) in [5.74, 6) is 0.0510. The van der Waals surface area contributed by atoms with Crippen LogP contribution in [0, 0.1) is 0 Å². The van der Waals surface area contributed by atoms with E-state index < -0.39 is 5.97 Å². The lowest BCUT2D eigenvalue weighted by molar-refractivity contribution is 0.0697. The molecule has 1 unspecified atom stereocenters. The number of carboxylic acid groups (broad SMARTS) is 1. The highest BCUT2D eigenvalue weighted by Crippen LogP contribution is 2.28. The third-order valence-corrected chi connectivity index (χ3v) is 4.40. The van der Waals surface area contributed by atoms with E-state index >= 15 is 0 Å². The van der Waals surface area contributed by atoms with Crippen LogP contribution in [0.5, 0.6) is 0 Å². The van der Waals surface area contributed by atoms with Crippen molar-refractivity contribution in [3.63, 3.8) is 0 Å². The van der Waals surface area contributed by atoms with E-state index in [9.17, 15) is 4.79 Å². The monoisotopic (exact) mass is 312 g/mol. The zero-order valence-corrected chi connectivity index (χ0v) is 13.5. The molecule has 1 N–H and O–H groups in total. The Morgan fingerprint density at radius 2 is 2.26 bits per heavy atom. The van der Waals surface area contributed by atoms with Crippen LogP contribution in [0.4, 0.5) is 5.69 Å². The predicted molar refractivity (Wildman–Crippen MR) is 91.4 cm³/mol. The van der Waals surface area contributed by atoms with Gasteiger partial charge in [0.15, 0.2) is 0 Å². The van der Waals surface area contributed by atoms with E-state index in [0.29, 0.717) is 5.56 Å². The summed E-state index contributed by atoms with van der Waals surface area (Å²) >= 11 is 0. The number of aliphatic imine (C=N–C) groups is 2. The van der Waals surface area contributed by atoms with Crippen molar-refractivity contribution in [3.8, 4) is 0 Å². The third-order valence-electron chi connectivity index (χ3n) is 4.40. The molecule has 1 aromatic carbocycles. The van der Waals surface area contributed by atoms with Gasteiger partial charge in [-0.25, -0.2) is 14.8 Å². The first kappa shape index (κ1) is 15.3. The number of carboxylic acids is 1. The lowest BCUT2D eigenvalue weighted by atomic mass is 10.0. The number of carbonyl (C=O) groups is 1. The molecule has 2 aliphatic rings. The lowest BCUT2D eigenvalue weighted by Gasteiger charge is -2.30. The Morgan fingerprint density at radius 3 is 2.96 bits per heavy atom. The van der Waals surface area contributed by atoms with Gasteiger partial charge < -0.3 is 14.9 Å². The van der Waals surface area contributed by atoms with Crippen LogP contribution in [-0.4, -0.2) is 48.3 Å². The highest BCUT2D eigenvalue weighted by molar-refractivity contribution is 6.00. The normalized spacial score (nSPS) is 19.3. The van der Waals surface area contributed by atoms with E-state index in [-0.39, 0.29) is 6.04 Å². The number of anilines is 1. The van der Waals surface area contributed by atoms with Gasteiger partial charge in [0.05, 0.1) is 29.8 Å². The molecule has 2 aliphatic heterocycles. The van der Waals surface area contributed by atoms with E-state index in [2.05, 4.69) is 14.9 Å². The summed E-state index contributed by atoms with van der Waals surface area (Å²) < 4.78 is 0. The van der Waals surface area contributed by atoms with E-state index in [1.54, 1.807) is 12.1 Å². The summed E-state index contributed by atoms with van der Waals surface area (Å²) in [7, 11) is 3.99. The molecule has 0 bridgehead atoms. The molecule has 2 heterocycles. The minimum atomic E-state index is -0.902. The molecule has 0 radical (unpaired) electrons. The quantitative estimate of drug-likeness (QED) is 0.930. The summed E-state index contributed by atoms with van der Waals surface area (Å²) in [6.45, 7) is 2.03. The van der Waals surface area contributed by atoms with Crippen molar-refractivity contribution >= 4 is 23.8 Å². The van der Waals surface area contributed by atoms with Crippen LogP contribution in [0.3, 0.4) is 0 Å². The molecule has 23 heavy (non-hydrogen) atoms. The first-order chi connectivity index (χ1) is 11.0. The number of aryl methyl sites for hydroxylation is 1. The minimum absolute atomic E-state index is 0.230. The van der Waals surface area contributed by atoms with Gasteiger partial charge >= 0.3 is 5.97 Å². The van der Waals surface area contributed by atoms with E-state index in [1.165, 1.54) is 0 Å². The molecule has 0 spiro atoms. The highest BCUT2D eigenvalue weighted by Gasteiger charge is 2.29. The van der Waals surface area contributed by atoms with Gasteiger partial charge in [0.2, 0.25) is 0 Å². The topological polar surface area (TPSA) is 68.5 Å².